The van der Waals surface area contributed by atoms with Gasteiger partial charge in [0, 0.05) is 12.5 Å². The van der Waals surface area contributed by atoms with E-state index in [1.165, 1.54) is 0 Å². The van der Waals surface area contributed by atoms with E-state index in [1.54, 1.807) is 6.20 Å². The van der Waals surface area contributed by atoms with Crippen molar-refractivity contribution in [3.63, 3.8) is 0 Å². The molecule has 0 spiro atoms. The minimum Gasteiger partial charge on any atom is -0.336 e. The van der Waals surface area contributed by atoms with Crippen molar-refractivity contribution < 1.29 is 0 Å². The fraction of sp³-hybridized carbons (Fsp3) is 0.444. The average Bonchev–Trinajstić information content (AvgIpc) is 2.35. The molecule has 1 rings (SSSR count). The van der Waals surface area contributed by atoms with Crippen molar-refractivity contribution in [3.05, 3.63) is 17.7 Å². The largest absolute Gasteiger partial charge is 0.336 e. The molecule has 14 heavy (non-hydrogen) atoms. The van der Waals surface area contributed by atoms with Gasteiger partial charge in [-0.1, -0.05) is 5.92 Å². The van der Waals surface area contributed by atoms with E-state index in [2.05, 4.69) is 21.8 Å². The van der Waals surface area contributed by atoms with Crippen molar-refractivity contribution in [3.8, 4) is 11.8 Å². The Balaban J connectivity index is 0. The molecule has 1 heterocycles. The molecule has 0 aromatic carbocycles. The van der Waals surface area contributed by atoms with Crippen LogP contribution in [-0.4, -0.2) is 16.0 Å². The van der Waals surface area contributed by atoms with Gasteiger partial charge in [-0.05, 0) is 19.8 Å². The van der Waals surface area contributed by atoms with Crippen LogP contribution in [0.2, 0.25) is 0 Å². The number of imidazole rings is 1. The van der Waals surface area contributed by atoms with Crippen molar-refractivity contribution in [2.24, 2.45) is 5.73 Å². The zero-order valence-corrected chi connectivity index (χ0v) is 9.84. The average molecular weight is 236 g/mol. The molecule has 0 aliphatic carbocycles. The Morgan fingerprint density at radius 3 is 2.64 bits per heavy atom. The summed E-state index contributed by atoms with van der Waals surface area (Å²) in [6, 6.07) is 0.140. The van der Waals surface area contributed by atoms with E-state index in [0.717, 1.165) is 17.9 Å². The maximum Gasteiger partial charge on any atom is 0.109 e. The summed E-state index contributed by atoms with van der Waals surface area (Å²) in [6.07, 6.45) is 2.45. The lowest BCUT2D eigenvalue weighted by Crippen LogP contribution is -2.12. The van der Waals surface area contributed by atoms with Crippen LogP contribution in [0, 0.1) is 18.8 Å². The lowest BCUT2D eigenvalue weighted by Gasteiger charge is -1.93. The minimum atomic E-state index is 0. The molecule has 0 bridgehead atoms. The van der Waals surface area contributed by atoms with Gasteiger partial charge in [-0.2, -0.15) is 0 Å². The van der Waals surface area contributed by atoms with Gasteiger partial charge < -0.3 is 10.7 Å². The summed E-state index contributed by atoms with van der Waals surface area (Å²) in [6.45, 7) is 3.84. The Hall–Kier alpha value is -0.690. The first kappa shape index (κ1) is 15.8. The topological polar surface area (TPSA) is 54.7 Å². The molecule has 5 heteroatoms. The Morgan fingerprint density at radius 1 is 1.57 bits per heavy atom. The zero-order chi connectivity index (χ0) is 8.97. The van der Waals surface area contributed by atoms with Crippen LogP contribution in [-0.2, 0) is 0 Å². The molecule has 0 saturated carbocycles. The molecular weight excluding hydrogens is 221 g/mol. The number of hydrogen-bond donors (Lipinski definition) is 2. The van der Waals surface area contributed by atoms with Crippen LogP contribution in [0.15, 0.2) is 6.20 Å². The first-order valence-corrected chi connectivity index (χ1v) is 3.94. The Labute approximate surface area is 96.7 Å². The SMILES string of the molecule is Cc1ncc(C#CC[C@H](C)N)[nH]1.Cl.Cl. The second-order valence-electron chi connectivity index (χ2n) is 2.87. The van der Waals surface area contributed by atoms with E-state index >= 15 is 0 Å². The highest BCUT2D eigenvalue weighted by Crippen LogP contribution is 1.92. The summed E-state index contributed by atoms with van der Waals surface area (Å²) in [7, 11) is 0. The number of aromatic amines is 1. The number of H-pyrrole nitrogens is 1. The summed E-state index contributed by atoms with van der Waals surface area (Å²) in [4.78, 5) is 7.05. The number of halogens is 2. The predicted molar refractivity (Wildman–Crippen MR) is 63.0 cm³/mol. The molecule has 1 aromatic heterocycles. The van der Waals surface area contributed by atoms with E-state index < -0.39 is 0 Å². The second-order valence-corrected chi connectivity index (χ2v) is 2.87. The monoisotopic (exact) mass is 235 g/mol. The van der Waals surface area contributed by atoms with Crippen molar-refractivity contribution in [1.82, 2.24) is 9.97 Å². The predicted octanol–water partition coefficient (Wildman–Crippen LogP) is 1.65. The summed E-state index contributed by atoms with van der Waals surface area (Å²) in [5.74, 6) is 6.81. The molecule has 0 aliphatic rings. The number of aryl methyl sites for hydroxylation is 1. The van der Waals surface area contributed by atoms with Gasteiger partial charge in [0.2, 0.25) is 0 Å². The molecule has 0 saturated heterocycles. The lowest BCUT2D eigenvalue weighted by molar-refractivity contribution is 0.771. The van der Waals surface area contributed by atoms with Gasteiger partial charge in [-0.15, -0.1) is 24.8 Å². The van der Waals surface area contributed by atoms with E-state index in [4.69, 9.17) is 5.73 Å². The van der Waals surface area contributed by atoms with Gasteiger partial charge in [0.05, 0.1) is 6.20 Å². The van der Waals surface area contributed by atoms with Crippen LogP contribution in [0.5, 0.6) is 0 Å². The van der Waals surface area contributed by atoms with Gasteiger partial charge in [-0.25, -0.2) is 4.98 Å². The third kappa shape index (κ3) is 5.87. The first-order chi connectivity index (χ1) is 5.68. The molecule has 0 amide bonds. The Kier molecular flexibility index (Phi) is 8.66. The number of rotatable bonds is 1. The number of nitrogens with zero attached hydrogens (tertiary/aromatic N) is 1. The first-order valence-electron chi connectivity index (χ1n) is 3.94. The van der Waals surface area contributed by atoms with Crippen LogP contribution in [0.1, 0.15) is 24.9 Å². The van der Waals surface area contributed by atoms with Crippen LogP contribution in [0.25, 0.3) is 0 Å². The van der Waals surface area contributed by atoms with Crippen LogP contribution in [0.4, 0.5) is 0 Å². The van der Waals surface area contributed by atoms with Gasteiger partial charge in [0.1, 0.15) is 11.5 Å². The quantitative estimate of drug-likeness (QED) is 0.728. The van der Waals surface area contributed by atoms with Crippen LogP contribution >= 0.6 is 24.8 Å². The van der Waals surface area contributed by atoms with E-state index in [1.807, 2.05) is 13.8 Å². The smallest absolute Gasteiger partial charge is 0.109 e. The zero-order valence-electron chi connectivity index (χ0n) is 8.20. The number of hydrogen-bond acceptors (Lipinski definition) is 2. The molecule has 0 unspecified atom stereocenters. The molecule has 3 nitrogen and oxygen atoms in total. The third-order valence-corrected chi connectivity index (χ3v) is 1.35. The van der Waals surface area contributed by atoms with Crippen molar-refractivity contribution in [2.45, 2.75) is 26.3 Å². The maximum atomic E-state index is 5.53. The summed E-state index contributed by atoms with van der Waals surface area (Å²) < 4.78 is 0. The van der Waals surface area contributed by atoms with Gasteiger partial charge >= 0.3 is 0 Å². The Bertz CT molecular complexity index is 309. The standard InChI is InChI=1S/C9H13N3.2ClH/c1-7(10)4-3-5-9-6-11-8(2)12-9;;/h6-7H,4,10H2,1-2H3,(H,11,12);2*1H/t7-;;/m0../s1. The van der Waals surface area contributed by atoms with Crippen molar-refractivity contribution in [1.29, 1.82) is 0 Å². The summed E-state index contributed by atoms with van der Waals surface area (Å²) in [5.41, 5.74) is 6.39. The molecule has 3 N–H and O–H groups in total. The maximum absolute atomic E-state index is 5.53. The summed E-state index contributed by atoms with van der Waals surface area (Å²) in [5, 5.41) is 0. The number of aromatic nitrogens is 2. The van der Waals surface area contributed by atoms with Gasteiger partial charge in [0.15, 0.2) is 0 Å². The number of nitrogens with two attached hydrogens (primary N) is 1. The number of nitrogens with one attached hydrogen (secondary N) is 1. The normalized spacial score (nSPS) is 10.2. The van der Waals surface area contributed by atoms with E-state index in [9.17, 15) is 0 Å². The molecule has 1 aromatic rings. The van der Waals surface area contributed by atoms with Gasteiger partial charge in [-0.3, -0.25) is 0 Å². The Morgan fingerprint density at radius 2 is 2.21 bits per heavy atom. The van der Waals surface area contributed by atoms with E-state index in [0.29, 0.717) is 0 Å². The van der Waals surface area contributed by atoms with E-state index in [-0.39, 0.29) is 30.9 Å². The highest BCUT2D eigenvalue weighted by atomic mass is 35.5. The van der Waals surface area contributed by atoms with Gasteiger partial charge in [0.25, 0.3) is 0 Å². The van der Waals surface area contributed by atoms with Crippen molar-refractivity contribution >= 4 is 24.8 Å². The molecule has 0 aliphatic heterocycles. The minimum absolute atomic E-state index is 0. The highest BCUT2D eigenvalue weighted by molar-refractivity contribution is 5.85. The fourth-order valence-corrected chi connectivity index (χ4v) is 0.792. The van der Waals surface area contributed by atoms with Crippen molar-refractivity contribution in [2.75, 3.05) is 0 Å². The lowest BCUT2D eigenvalue weighted by atomic mass is 10.2. The summed E-state index contributed by atoms with van der Waals surface area (Å²) >= 11 is 0. The molecular formula is C9H15Cl2N3. The molecule has 0 radical (unpaired) electrons. The van der Waals surface area contributed by atoms with Crippen LogP contribution < -0.4 is 5.73 Å². The second kappa shape index (κ2) is 7.69. The highest BCUT2D eigenvalue weighted by Gasteiger charge is 1.90. The molecule has 1 atom stereocenters. The fourth-order valence-electron chi connectivity index (χ4n) is 0.792. The molecule has 0 fully saturated rings. The third-order valence-electron chi connectivity index (χ3n) is 1.35. The van der Waals surface area contributed by atoms with Crippen LogP contribution in [0.3, 0.4) is 0 Å². The molecule has 80 valence electrons.